The van der Waals surface area contributed by atoms with E-state index >= 15 is 0 Å². The van der Waals surface area contributed by atoms with Gasteiger partial charge in [-0.25, -0.2) is 4.79 Å². The van der Waals surface area contributed by atoms with Crippen LogP contribution >= 0.6 is 11.8 Å². The lowest BCUT2D eigenvalue weighted by molar-refractivity contribution is -0.115. The molecule has 0 aliphatic heterocycles. The Morgan fingerprint density at radius 3 is 2.52 bits per heavy atom. The normalized spacial score (nSPS) is 12.6. The Bertz CT molecular complexity index is 1130. The number of methoxy groups -OCH3 is 1. The maximum atomic E-state index is 12.7. The van der Waals surface area contributed by atoms with Crippen LogP contribution < -0.4 is 14.8 Å². The highest BCUT2D eigenvalue weighted by atomic mass is 32.2. The standard InChI is InChI=1S/C23H26N4O5S/c1-5-27-20(14(2)32-19-12-7-6-11-18(19)31-4)25-26-23(27)33-15(3)21(28)24-17-10-8-9-16(13-17)22(29)30/h6-15H,5H2,1-4H3,(H,24,28)(H,29,30). The van der Waals surface area contributed by atoms with Crippen molar-refractivity contribution in [3.63, 3.8) is 0 Å². The Morgan fingerprint density at radius 2 is 1.85 bits per heavy atom. The molecule has 3 rings (SSSR count). The maximum Gasteiger partial charge on any atom is 0.335 e. The fourth-order valence-corrected chi connectivity index (χ4v) is 4.05. The third-order valence-corrected chi connectivity index (χ3v) is 5.91. The number of thioether (sulfide) groups is 1. The second-order valence-electron chi connectivity index (χ2n) is 7.13. The van der Waals surface area contributed by atoms with Crippen LogP contribution in [0.2, 0.25) is 0 Å². The topological polar surface area (TPSA) is 116 Å². The first-order valence-electron chi connectivity index (χ1n) is 10.4. The molecular formula is C23H26N4O5S. The zero-order valence-electron chi connectivity index (χ0n) is 18.8. The van der Waals surface area contributed by atoms with Crippen molar-refractivity contribution in [2.75, 3.05) is 12.4 Å². The summed E-state index contributed by atoms with van der Waals surface area (Å²) in [6.45, 7) is 6.20. The van der Waals surface area contributed by atoms with Crippen LogP contribution in [0.3, 0.4) is 0 Å². The fraction of sp³-hybridized carbons (Fsp3) is 0.304. The summed E-state index contributed by atoms with van der Waals surface area (Å²) in [5.41, 5.74) is 0.524. The van der Waals surface area contributed by atoms with Crippen molar-refractivity contribution >= 4 is 29.3 Å². The maximum absolute atomic E-state index is 12.7. The minimum atomic E-state index is -1.05. The number of hydrogen-bond acceptors (Lipinski definition) is 7. The fourth-order valence-electron chi connectivity index (χ4n) is 3.13. The van der Waals surface area contributed by atoms with Crippen molar-refractivity contribution in [3.05, 3.63) is 59.9 Å². The van der Waals surface area contributed by atoms with Crippen molar-refractivity contribution in [1.29, 1.82) is 0 Å². The molecular weight excluding hydrogens is 444 g/mol. The number of rotatable bonds is 10. The number of nitrogens with zero attached hydrogens (tertiary/aromatic N) is 3. The van der Waals surface area contributed by atoms with Gasteiger partial charge < -0.3 is 24.5 Å². The smallest absolute Gasteiger partial charge is 0.335 e. The third kappa shape index (κ3) is 5.83. The van der Waals surface area contributed by atoms with Crippen LogP contribution in [0, 0.1) is 0 Å². The van der Waals surface area contributed by atoms with E-state index in [1.165, 1.54) is 23.9 Å². The number of amides is 1. The molecule has 0 bridgehead atoms. The van der Waals surface area contributed by atoms with E-state index in [1.807, 2.05) is 42.7 Å². The predicted octanol–water partition coefficient (Wildman–Crippen LogP) is 4.26. The molecule has 1 heterocycles. The minimum Gasteiger partial charge on any atom is -0.493 e. The highest BCUT2D eigenvalue weighted by Crippen LogP contribution is 2.32. The molecule has 0 spiro atoms. The number of para-hydroxylation sites is 2. The van der Waals surface area contributed by atoms with Gasteiger partial charge in [-0.3, -0.25) is 4.79 Å². The highest BCUT2D eigenvalue weighted by molar-refractivity contribution is 8.00. The Labute approximate surface area is 196 Å². The number of ether oxygens (including phenoxy) is 2. The zero-order chi connectivity index (χ0) is 24.0. The lowest BCUT2D eigenvalue weighted by Gasteiger charge is -2.18. The molecule has 0 radical (unpaired) electrons. The van der Waals surface area contributed by atoms with Gasteiger partial charge >= 0.3 is 5.97 Å². The molecule has 0 saturated carbocycles. The van der Waals surface area contributed by atoms with Crippen molar-refractivity contribution in [2.45, 2.75) is 43.8 Å². The first-order valence-corrected chi connectivity index (χ1v) is 11.3. The molecule has 9 nitrogen and oxygen atoms in total. The number of hydrogen-bond donors (Lipinski definition) is 2. The Kier molecular flexibility index (Phi) is 7.94. The Morgan fingerprint density at radius 1 is 1.12 bits per heavy atom. The van der Waals surface area contributed by atoms with Crippen LogP contribution in [-0.2, 0) is 11.3 Å². The van der Waals surface area contributed by atoms with E-state index in [0.29, 0.717) is 34.7 Å². The predicted molar refractivity (Wildman–Crippen MR) is 125 cm³/mol. The van der Waals surface area contributed by atoms with Gasteiger partial charge in [0.15, 0.2) is 28.6 Å². The average Bonchev–Trinajstić information content (AvgIpc) is 3.22. The number of aromatic nitrogens is 3. The number of aromatic carboxylic acids is 1. The van der Waals surface area contributed by atoms with E-state index in [2.05, 4.69) is 15.5 Å². The van der Waals surface area contributed by atoms with Gasteiger partial charge in [-0.2, -0.15) is 0 Å². The van der Waals surface area contributed by atoms with Gasteiger partial charge in [0.25, 0.3) is 0 Å². The molecule has 0 saturated heterocycles. The molecule has 2 aromatic carbocycles. The highest BCUT2D eigenvalue weighted by Gasteiger charge is 2.23. The van der Waals surface area contributed by atoms with Crippen LogP contribution in [0.25, 0.3) is 0 Å². The van der Waals surface area contributed by atoms with E-state index in [9.17, 15) is 9.59 Å². The Balaban J connectivity index is 1.70. The number of carboxylic acids is 1. The number of nitrogens with one attached hydrogen (secondary N) is 1. The van der Waals surface area contributed by atoms with Gasteiger partial charge in [0, 0.05) is 12.2 Å². The minimum absolute atomic E-state index is 0.104. The molecule has 0 aliphatic carbocycles. The van der Waals surface area contributed by atoms with Crippen LogP contribution in [-0.4, -0.2) is 44.1 Å². The summed E-state index contributed by atoms with van der Waals surface area (Å²) >= 11 is 1.27. The number of carboxylic acid groups (broad SMARTS) is 1. The van der Waals surface area contributed by atoms with Gasteiger partial charge in [0.05, 0.1) is 17.9 Å². The molecule has 1 aromatic heterocycles. The molecule has 0 aliphatic rings. The summed E-state index contributed by atoms with van der Waals surface area (Å²) in [6, 6.07) is 13.5. The first kappa shape index (κ1) is 24.1. The first-order chi connectivity index (χ1) is 15.8. The van der Waals surface area contributed by atoms with E-state index in [4.69, 9.17) is 14.6 Å². The third-order valence-electron chi connectivity index (χ3n) is 4.83. The molecule has 10 heteroatoms. The zero-order valence-corrected chi connectivity index (χ0v) is 19.6. The van der Waals surface area contributed by atoms with Gasteiger partial charge in [0.1, 0.15) is 0 Å². The van der Waals surface area contributed by atoms with Crippen LogP contribution in [0.4, 0.5) is 5.69 Å². The lowest BCUT2D eigenvalue weighted by atomic mass is 10.2. The SMILES string of the molecule is CCn1c(SC(C)C(=O)Nc2cccc(C(=O)O)c2)nnc1C(C)Oc1ccccc1OC. The quantitative estimate of drug-likeness (QED) is 0.422. The number of carbonyl (C=O) groups excluding carboxylic acids is 1. The second-order valence-corrected chi connectivity index (χ2v) is 8.44. The molecule has 33 heavy (non-hydrogen) atoms. The molecule has 174 valence electrons. The van der Waals surface area contributed by atoms with E-state index in [-0.39, 0.29) is 11.5 Å². The van der Waals surface area contributed by atoms with Gasteiger partial charge in [-0.15, -0.1) is 10.2 Å². The summed E-state index contributed by atoms with van der Waals surface area (Å²) in [5, 5.41) is 20.5. The number of benzene rings is 2. The molecule has 2 N–H and O–H groups in total. The van der Waals surface area contributed by atoms with Gasteiger partial charge in [0.2, 0.25) is 5.91 Å². The van der Waals surface area contributed by atoms with E-state index in [1.54, 1.807) is 26.2 Å². The van der Waals surface area contributed by atoms with Crippen LogP contribution in [0.15, 0.2) is 53.7 Å². The van der Waals surface area contributed by atoms with Gasteiger partial charge in [-0.05, 0) is 51.1 Å². The van der Waals surface area contributed by atoms with E-state index < -0.39 is 17.3 Å². The van der Waals surface area contributed by atoms with Crippen LogP contribution in [0.1, 0.15) is 43.1 Å². The number of anilines is 1. The summed E-state index contributed by atoms with van der Waals surface area (Å²) in [5.74, 6) is 0.532. The molecule has 0 fully saturated rings. The molecule has 3 aromatic rings. The molecule has 2 atom stereocenters. The number of carbonyl (C=O) groups is 2. The average molecular weight is 471 g/mol. The second kappa shape index (κ2) is 10.9. The van der Waals surface area contributed by atoms with Crippen molar-refractivity contribution < 1.29 is 24.2 Å². The van der Waals surface area contributed by atoms with Crippen molar-refractivity contribution in [1.82, 2.24) is 14.8 Å². The van der Waals surface area contributed by atoms with Crippen molar-refractivity contribution in [3.8, 4) is 11.5 Å². The van der Waals surface area contributed by atoms with Crippen molar-refractivity contribution in [2.24, 2.45) is 0 Å². The summed E-state index contributed by atoms with van der Waals surface area (Å²) in [6.07, 6.45) is -0.397. The summed E-state index contributed by atoms with van der Waals surface area (Å²) in [7, 11) is 1.58. The lowest BCUT2D eigenvalue weighted by Crippen LogP contribution is -2.23. The summed E-state index contributed by atoms with van der Waals surface area (Å²) in [4.78, 5) is 23.8. The monoisotopic (exact) mass is 470 g/mol. The summed E-state index contributed by atoms with van der Waals surface area (Å²) < 4.78 is 13.3. The largest absolute Gasteiger partial charge is 0.493 e. The van der Waals surface area contributed by atoms with E-state index in [0.717, 1.165) is 0 Å². The van der Waals surface area contributed by atoms with Crippen LogP contribution in [0.5, 0.6) is 11.5 Å². The Hall–Kier alpha value is -3.53. The molecule has 1 amide bonds. The molecule has 2 unspecified atom stereocenters. The van der Waals surface area contributed by atoms with Gasteiger partial charge in [-0.1, -0.05) is 30.0 Å².